The normalized spacial score (nSPS) is 11.0. The minimum atomic E-state index is -1.05. The number of carbonyl (C=O) groups is 2. The first-order valence-corrected chi connectivity index (χ1v) is 13.5. The maximum absolute atomic E-state index is 13.2. The number of carboxylic acid groups (broad SMARTS) is 1. The second-order valence-electron chi connectivity index (χ2n) is 10.1. The highest BCUT2D eigenvalue weighted by Gasteiger charge is 2.20. The number of fused-ring (bicyclic) bond motifs is 1. The lowest BCUT2D eigenvalue weighted by Gasteiger charge is -2.15. The number of carboxylic acids is 1. The molecule has 5 N–H and O–H groups in total. The van der Waals surface area contributed by atoms with Crippen molar-refractivity contribution in [1.82, 2.24) is 25.1 Å². The summed E-state index contributed by atoms with van der Waals surface area (Å²) in [6, 6.07) is 16.1. The summed E-state index contributed by atoms with van der Waals surface area (Å²) in [5, 5.41) is 26.5. The number of nitrogens with zero attached hydrogens (tertiary/aromatic N) is 4. The number of amidine groups is 1. The van der Waals surface area contributed by atoms with Crippen LogP contribution in [0.1, 0.15) is 61.4 Å². The van der Waals surface area contributed by atoms with Crippen LogP contribution in [0, 0.1) is 19.3 Å². The monoisotopic (exact) mass is 561 g/mol. The molecule has 0 saturated heterocycles. The maximum atomic E-state index is 13.2. The standard InChI is InChI=1S/C32H31N7O3/c1-4-39-29-14-21(30(33)34)8-10-25(29)28(38-39)13-20-6-7-22(31(40)37-17-23-16-35-19(3)15-36-23)12-26(20)24-9-5-18(2)11-27(24)32(41)42/h5-12,14-16H,4,13,17H2,1-3H3,(H3,33,34)(H,37,40)(H,41,42). The van der Waals surface area contributed by atoms with Gasteiger partial charge in [0, 0.05) is 35.7 Å². The van der Waals surface area contributed by atoms with Gasteiger partial charge < -0.3 is 16.2 Å². The van der Waals surface area contributed by atoms with E-state index in [0.717, 1.165) is 33.4 Å². The summed E-state index contributed by atoms with van der Waals surface area (Å²) >= 11 is 0. The molecule has 0 bridgehead atoms. The number of carbonyl (C=O) groups excluding carboxylic acids is 1. The molecule has 0 saturated carbocycles. The molecule has 0 unspecified atom stereocenters. The van der Waals surface area contributed by atoms with Gasteiger partial charge >= 0.3 is 5.97 Å². The number of hydrogen-bond donors (Lipinski definition) is 4. The van der Waals surface area contributed by atoms with Crippen LogP contribution in [0.2, 0.25) is 0 Å². The van der Waals surface area contributed by atoms with Gasteiger partial charge in [0.2, 0.25) is 0 Å². The largest absolute Gasteiger partial charge is 0.478 e. The second kappa shape index (κ2) is 11.6. The van der Waals surface area contributed by atoms with Crippen LogP contribution < -0.4 is 11.1 Å². The van der Waals surface area contributed by atoms with Crippen molar-refractivity contribution in [3.8, 4) is 11.1 Å². The number of nitrogens with two attached hydrogens (primary N) is 1. The van der Waals surface area contributed by atoms with E-state index in [2.05, 4.69) is 15.3 Å². The molecule has 10 nitrogen and oxygen atoms in total. The third kappa shape index (κ3) is 5.73. The molecule has 42 heavy (non-hydrogen) atoms. The van der Waals surface area contributed by atoms with Crippen molar-refractivity contribution in [1.29, 1.82) is 5.41 Å². The van der Waals surface area contributed by atoms with E-state index in [4.69, 9.17) is 16.2 Å². The lowest BCUT2D eigenvalue weighted by Crippen LogP contribution is -2.23. The van der Waals surface area contributed by atoms with E-state index in [1.54, 1.807) is 42.7 Å². The Balaban J connectivity index is 1.57. The van der Waals surface area contributed by atoms with E-state index >= 15 is 0 Å². The predicted octanol–water partition coefficient (Wildman–Crippen LogP) is 4.63. The van der Waals surface area contributed by atoms with Crippen molar-refractivity contribution >= 4 is 28.6 Å². The summed E-state index contributed by atoms with van der Waals surface area (Å²) in [7, 11) is 0. The third-order valence-corrected chi connectivity index (χ3v) is 7.13. The fourth-order valence-corrected chi connectivity index (χ4v) is 4.94. The Kier molecular flexibility index (Phi) is 7.79. The van der Waals surface area contributed by atoms with E-state index in [-0.39, 0.29) is 23.9 Å². The molecule has 5 rings (SSSR count). The Bertz CT molecular complexity index is 1840. The van der Waals surface area contributed by atoms with Gasteiger partial charge in [0.15, 0.2) is 0 Å². The highest BCUT2D eigenvalue weighted by atomic mass is 16.4. The summed E-state index contributed by atoms with van der Waals surface area (Å²) in [5.41, 5.74) is 12.7. The van der Waals surface area contributed by atoms with Gasteiger partial charge in [0.25, 0.3) is 5.91 Å². The highest BCUT2D eigenvalue weighted by Crippen LogP contribution is 2.32. The smallest absolute Gasteiger partial charge is 0.336 e. The summed E-state index contributed by atoms with van der Waals surface area (Å²) in [4.78, 5) is 34.0. The average Bonchev–Trinajstić information content (AvgIpc) is 3.33. The van der Waals surface area contributed by atoms with Crippen molar-refractivity contribution < 1.29 is 14.7 Å². The van der Waals surface area contributed by atoms with E-state index < -0.39 is 5.97 Å². The molecule has 10 heteroatoms. The predicted molar refractivity (Wildman–Crippen MR) is 161 cm³/mol. The molecule has 2 heterocycles. The first-order chi connectivity index (χ1) is 20.1. The van der Waals surface area contributed by atoms with Crippen molar-refractivity contribution in [2.24, 2.45) is 5.73 Å². The minimum absolute atomic E-state index is 0.0200. The fourth-order valence-electron chi connectivity index (χ4n) is 4.94. The van der Waals surface area contributed by atoms with E-state index in [9.17, 15) is 14.7 Å². The number of nitrogen functional groups attached to an aromatic ring is 1. The third-order valence-electron chi connectivity index (χ3n) is 7.13. The molecule has 2 aromatic heterocycles. The van der Waals surface area contributed by atoms with Crippen molar-refractivity contribution in [2.45, 2.75) is 40.3 Å². The van der Waals surface area contributed by atoms with Crippen LogP contribution in [0.5, 0.6) is 0 Å². The van der Waals surface area contributed by atoms with E-state index in [0.29, 0.717) is 40.9 Å². The molecule has 0 atom stereocenters. The number of benzene rings is 3. The summed E-state index contributed by atoms with van der Waals surface area (Å²) in [5.74, 6) is -1.38. The Morgan fingerprint density at radius 1 is 0.976 bits per heavy atom. The lowest BCUT2D eigenvalue weighted by atomic mass is 9.90. The number of rotatable bonds is 9. The molecular formula is C32H31N7O3. The van der Waals surface area contributed by atoms with Crippen LogP contribution in [0.15, 0.2) is 67.0 Å². The van der Waals surface area contributed by atoms with Crippen molar-refractivity contribution in [2.75, 3.05) is 0 Å². The van der Waals surface area contributed by atoms with Crippen LogP contribution in [0.25, 0.3) is 22.0 Å². The van der Waals surface area contributed by atoms with Crippen LogP contribution in [0.4, 0.5) is 0 Å². The number of aromatic carboxylic acids is 1. The zero-order valence-electron chi connectivity index (χ0n) is 23.6. The van der Waals surface area contributed by atoms with Crippen LogP contribution in [0.3, 0.4) is 0 Å². The van der Waals surface area contributed by atoms with E-state index in [1.807, 2.05) is 49.7 Å². The summed E-state index contributed by atoms with van der Waals surface area (Å²) < 4.78 is 1.86. The molecule has 212 valence electrons. The zero-order valence-corrected chi connectivity index (χ0v) is 23.6. The van der Waals surface area contributed by atoms with Crippen LogP contribution in [-0.4, -0.2) is 42.6 Å². The number of aromatic nitrogens is 4. The molecule has 3 aromatic carbocycles. The second-order valence-corrected chi connectivity index (χ2v) is 10.1. The molecule has 0 spiro atoms. The number of hydrogen-bond acceptors (Lipinski definition) is 6. The molecule has 0 aliphatic carbocycles. The van der Waals surface area contributed by atoms with Crippen molar-refractivity contribution in [3.63, 3.8) is 0 Å². The minimum Gasteiger partial charge on any atom is -0.478 e. The van der Waals surface area contributed by atoms with Gasteiger partial charge in [-0.3, -0.25) is 24.9 Å². The Hall–Kier alpha value is -5.38. The SMILES string of the molecule is CCn1nc(Cc2ccc(C(=O)NCc3cnc(C)cn3)cc2-c2ccc(C)cc2C(=O)O)c2ccc(C(=N)N)cc21. The highest BCUT2D eigenvalue weighted by molar-refractivity contribution is 6.00. The quantitative estimate of drug-likeness (QED) is 0.151. The van der Waals surface area contributed by atoms with Crippen molar-refractivity contribution in [3.05, 3.63) is 112 Å². The van der Waals surface area contributed by atoms with Gasteiger partial charge in [-0.1, -0.05) is 35.9 Å². The Morgan fingerprint density at radius 2 is 1.76 bits per heavy atom. The lowest BCUT2D eigenvalue weighted by molar-refractivity contribution is 0.0697. The van der Waals surface area contributed by atoms with Gasteiger partial charge in [-0.05, 0) is 61.7 Å². The van der Waals surface area contributed by atoms with Crippen LogP contribution in [-0.2, 0) is 19.5 Å². The van der Waals surface area contributed by atoms with Gasteiger partial charge in [0.1, 0.15) is 5.84 Å². The topological polar surface area (TPSA) is 160 Å². The first kappa shape index (κ1) is 28.2. The maximum Gasteiger partial charge on any atom is 0.336 e. The molecular weight excluding hydrogens is 530 g/mol. The zero-order chi connectivity index (χ0) is 30.0. The molecule has 0 aliphatic heterocycles. The molecule has 0 fully saturated rings. The first-order valence-electron chi connectivity index (χ1n) is 13.5. The van der Waals surface area contributed by atoms with E-state index in [1.165, 1.54) is 0 Å². The van der Waals surface area contributed by atoms with Gasteiger partial charge in [-0.2, -0.15) is 5.10 Å². The molecule has 0 radical (unpaired) electrons. The van der Waals surface area contributed by atoms with Gasteiger partial charge in [0.05, 0.1) is 40.9 Å². The Labute approximate surface area is 242 Å². The fraction of sp³-hybridized carbons (Fsp3) is 0.188. The molecule has 0 aliphatic rings. The van der Waals surface area contributed by atoms with Gasteiger partial charge in [-0.25, -0.2) is 4.79 Å². The summed E-state index contributed by atoms with van der Waals surface area (Å²) in [6.07, 6.45) is 3.66. The van der Waals surface area contributed by atoms with Gasteiger partial charge in [-0.15, -0.1) is 0 Å². The number of amides is 1. The number of aryl methyl sites for hydroxylation is 3. The Morgan fingerprint density at radius 3 is 2.45 bits per heavy atom. The van der Waals surface area contributed by atoms with Crippen LogP contribution >= 0.6 is 0 Å². The molecule has 1 amide bonds. The average molecular weight is 562 g/mol. The summed E-state index contributed by atoms with van der Waals surface area (Å²) in [6.45, 7) is 6.50. The number of nitrogens with one attached hydrogen (secondary N) is 2. The molecule has 5 aromatic rings.